The minimum Gasteiger partial charge on any atom is -0.207 e. The van der Waals surface area contributed by atoms with E-state index in [2.05, 4.69) is 18.6 Å². The van der Waals surface area contributed by atoms with Crippen LogP contribution in [0.3, 0.4) is 0 Å². The predicted molar refractivity (Wildman–Crippen MR) is 80.0 cm³/mol. The van der Waals surface area contributed by atoms with E-state index in [0.29, 0.717) is 5.02 Å². The summed E-state index contributed by atoms with van der Waals surface area (Å²) in [4.78, 5) is 0.260. The molecule has 0 amide bonds. The third-order valence-electron chi connectivity index (χ3n) is 3.11. The van der Waals surface area contributed by atoms with Gasteiger partial charge in [0.25, 0.3) is 0 Å². The monoisotopic (exact) mass is 303 g/mol. The van der Waals surface area contributed by atoms with Crippen LogP contribution in [-0.2, 0) is 10.0 Å². The Labute approximate surface area is 121 Å². The molecule has 1 rings (SSSR count). The van der Waals surface area contributed by atoms with Crippen LogP contribution in [0.1, 0.15) is 46.5 Å². The van der Waals surface area contributed by atoms with E-state index in [0.717, 1.165) is 25.7 Å². The lowest BCUT2D eigenvalue weighted by molar-refractivity contribution is 0.353. The SMILES string of the molecule is CCCC(C)(CCC)NS(=O)(=O)c1ccc(Cl)cc1. The second-order valence-electron chi connectivity index (χ2n) is 5.12. The molecule has 0 fully saturated rings. The molecule has 108 valence electrons. The highest BCUT2D eigenvalue weighted by atomic mass is 35.5. The molecule has 19 heavy (non-hydrogen) atoms. The Morgan fingerprint density at radius 3 is 2.00 bits per heavy atom. The van der Waals surface area contributed by atoms with Crippen molar-refractivity contribution in [2.24, 2.45) is 0 Å². The summed E-state index contributed by atoms with van der Waals surface area (Å²) >= 11 is 5.78. The molecule has 0 aliphatic heterocycles. The largest absolute Gasteiger partial charge is 0.241 e. The van der Waals surface area contributed by atoms with Gasteiger partial charge in [0.1, 0.15) is 0 Å². The Hall–Kier alpha value is -0.580. The van der Waals surface area contributed by atoms with Gasteiger partial charge in [-0.25, -0.2) is 13.1 Å². The lowest BCUT2D eigenvalue weighted by Gasteiger charge is -2.30. The molecule has 0 aliphatic rings. The predicted octanol–water partition coefficient (Wildman–Crippen LogP) is 3.98. The van der Waals surface area contributed by atoms with Crippen molar-refractivity contribution in [2.75, 3.05) is 0 Å². The van der Waals surface area contributed by atoms with E-state index in [1.165, 1.54) is 12.1 Å². The van der Waals surface area contributed by atoms with Crippen molar-refractivity contribution in [3.63, 3.8) is 0 Å². The molecular formula is C14H22ClNO2S. The van der Waals surface area contributed by atoms with Gasteiger partial charge in [-0.1, -0.05) is 38.3 Å². The summed E-state index contributed by atoms with van der Waals surface area (Å²) in [6.07, 6.45) is 3.54. The fourth-order valence-electron chi connectivity index (χ4n) is 2.33. The first-order valence-corrected chi connectivity index (χ1v) is 8.48. The highest BCUT2D eigenvalue weighted by molar-refractivity contribution is 7.89. The Kier molecular flexibility index (Phi) is 5.83. The Morgan fingerprint density at radius 1 is 1.11 bits per heavy atom. The molecule has 1 aromatic carbocycles. The quantitative estimate of drug-likeness (QED) is 0.828. The van der Waals surface area contributed by atoms with Gasteiger partial charge in [0.05, 0.1) is 4.90 Å². The average Bonchev–Trinajstić information content (AvgIpc) is 2.28. The first kappa shape index (κ1) is 16.5. The maximum Gasteiger partial charge on any atom is 0.241 e. The number of nitrogens with one attached hydrogen (secondary N) is 1. The molecule has 0 aliphatic carbocycles. The second kappa shape index (κ2) is 6.73. The van der Waals surface area contributed by atoms with E-state index in [4.69, 9.17) is 11.6 Å². The van der Waals surface area contributed by atoms with Crippen LogP contribution in [0.4, 0.5) is 0 Å². The normalized spacial score (nSPS) is 12.6. The Morgan fingerprint density at radius 2 is 1.58 bits per heavy atom. The van der Waals surface area contributed by atoms with Crippen LogP contribution in [0.25, 0.3) is 0 Å². The summed E-state index contributed by atoms with van der Waals surface area (Å²) in [6.45, 7) is 6.09. The Bertz CT molecular complexity index is 491. The van der Waals surface area contributed by atoms with Crippen LogP contribution in [0, 0.1) is 0 Å². The van der Waals surface area contributed by atoms with E-state index in [1.807, 2.05) is 6.92 Å². The zero-order valence-electron chi connectivity index (χ0n) is 11.7. The first-order chi connectivity index (χ1) is 8.83. The highest BCUT2D eigenvalue weighted by Gasteiger charge is 2.28. The molecule has 0 unspecified atom stereocenters. The molecule has 0 atom stereocenters. The number of rotatable bonds is 7. The van der Waals surface area contributed by atoms with Gasteiger partial charge in [0, 0.05) is 10.6 Å². The second-order valence-corrected chi connectivity index (χ2v) is 7.24. The van der Waals surface area contributed by atoms with Gasteiger partial charge in [-0.3, -0.25) is 0 Å². The van der Waals surface area contributed by atoms with E-state index in [9.17, 15) is 8.42 Å². The maximum atomic E-state index is 12.4. The molecule has 0 saturated heterocycles. The summed E-state index contributed by atoms with van der Waals surface area (Å²) in [5.41, 5.74) is -0.387. The third kappa shape index (κ3) is 4.79. The van der Waals surface area contributed by atoms with Crippen LogP contribution in [0.15, 0.2) is 29.2 Å². The molecule has 1 aromatic rings. The zero-order valence-corrected chi connectivity index (χ0v) is 13.3. The first-order valence-electron chi connectivity index (χ1n) is 6.62. The summed E-state index contributed by atoms with van der Waals surface area (Å²) < 4.78 is 27.5. The number of benzene rings is 1. The van der Waals surface area contributed by atoms with Gasteiger partial charge in [-0.15, -0.1) is 0 Å². The molecule has 0 aromatic heterocycles. The van der Waals surface area contributed by atoms with Crippen molar-refractivity contribution in [2.45, 2.75) is 56.9 Å². The van der Waals surface area contributed by atoms with Crippen LogP contribution < -0.4 is 4.72 Å². The van der Waals surface area contributed by atoms with Crippen molar-refractivity contribution in [3.05, 3.63) is 29.3 Å². The number of hydrogen-bond donors (Lipinski definition) is 1. The van der Waals surface area contributed by atoms with E-state index in [-0.39, 0.29) is 10.4 Å². The summed E-state index contributed by atoms with van der Waals surface area (Å²) in [5, 5.41) is 0.531. The van der Waals surface area contributed by atoms with Gasteiger partial charge in [0.2, 0.25) is 10.0 Å². The van der Waals surface area contributed by atoms with Gasteiger partial charge in [-0.05, 0) is 44.0 Å². The third-order valence-corrected chi connectivity index (χ3v) is 5.01. The molecule has 0 saturated carbocycles. The lowest BCUT2D eigenvalue weighted by Crippen LogP contribution is -2.45. The standard InChI is InChI=1S/C14H22ClNO2S/c1-4-10-14(3,11-5-2)16-19(17,18)13-8-6-12(15)7-9-13/h6-9,16H,4-5,10-11H2,1-3H3. The van der Waals surface area contributed by atoms with Crippen LogP contribution >= 0.6 is 11.6 Å². The fourth-order valence-corrected chi connectivity index (χ4v) is 3.92. The Balaban J connectivity index is 2.97. The van der Waals surface area contributed by atoms with Gasteiger partial charge in [0.15, 0.2) is 0 Å². The lowest BCUT2D eigenvalue weighted by atomic mass is 9.92. The summed E-state index contributed by atoms with van der Waals surface area (Å²) in [5.74, 6) is 0. The van der Waals surface area contributed by atoms with E-state index < -0.39 is 10.0 Å². The molecule has 5 heteroatoms. The molecular weight excluding hydrogens is 282 g/mol. The number of halogens is 1. The smallest absolute Gasteiger partial charge is 0.207 e. The molecule has 0 heterocycles. The van der Waals surface area contributed by atoms with Crippen molar-refractivity contribution < 1.29 is 8.42 Å². The van der Waals surface area contributed by atoms with E-state index >= 15 is 0 Å². The van der Waals surface area contributed by atoms with Crippen molar-refractivity contribution in [1.29, 1.82) is 0 Å². The van der Waals surface area contributed by atoms with Gasteiger partial charge in [-0.2, -0.15) is 0 Å². The van der Waals surface area contributed by atoms with Gasteiger partial charge >= 0.3 is 0 Å². The summed E-state index contributed by atoms with van der Waals surface area (Å²) in [7, 11) is -3.49. The topological polar surface area (TPSA) is 46.2 Å². The molecule has 0 spiro atoms. The fraction of sp³-hybridized carbons (Fsp3) is 0.571. The maximum absolute atomic E-state index is 12.4. The zero-order chi connectivity index (χ0) is 14.5. The van der Waals surface area contributed by atoms with E-state index in [1.54, 1.807) is 12.1 Å². The average molecular weight is 304 g/mol. The van der Waals surface area contributed by atoms with Crippen molar-refractivity contribution in [1.82, 2.24) is 4.72 Å². The minimum atomic E-state index is -3.49. The highest BCUT2D eigenvalue weighted by Crippen LogP contribution is 2.23. The molecule has 3 nitrogen and oxygen atoms in total. The molecule has 1 N–H and O–H groups in total. The number of hydrogen-bond acceptors (Lipinski definition) is 2. The summed E-state index contributed by atoms with van der Waals surface area (Å²) in [6, 6.07) is 6.24. The van der Waals surface area contributed by atoms with Gasteiger partial charge < -0.3 is 0 Å². The molecule has 0 radical (unpaired) electrons. The van der Waals surface area contributed by atoms with Crippen LogP contribution in [0.5, 0.6) is 0 Å². The van der Waals surface area contributed by atoms with Crippen LogP contribution in [0.2, 0.25) is 5.02 Å². The van der Waals surface area contributed by atoms with Crippen molar-refractivity contribution >= 4 is 21.6 Å². The van der Waals surface area contributed by atoms with Crippen LogP contribution in [-0.4, -0.2) is 14.0 Å². The van der Waals surface area contributed by atoms with Crippen molar-refractivity contribution in [3.8, 4) is 0 Å². The minimum absolute atomic E-state index is 0.260. The number of sulfonamides is 1. The molecule has 0 bridgehead atoms.